The summed E-state index contributed by atoms with van der Waals surface area (Å²) in [6.45, 7) is 6.16. The molecule has 0 nitrogen and oxygen atoms in total. The Labute approximate surface area is 96.3 Å². The molecule has 0 heterocycles. The van der Waals surface area contributed by atoms with Gasteiger partial charge in [0.1, 0.15) is 0 Å². The second-order valence-electron chi connectivity index (χ2n) is 4.13. The molecule has 2 aliphatic carbocycles. The molecule has 1 atom stereocenters. The molecule has 2 rings (SSSR count). The van der Waals surface area contributed by atoms with Crippen molar-refractivity contribution in [1.29, 1.82) is 0 Å². The molecule has 1 heteroatoms. The van der Waals surface area contributed by atoms with Crippen molar-refractivity contribution in [3.8, 4) is 0 Å². The molecule has 0 fully saturated rings. The first kappa shape index (κ1) is 10.5. The second-order valence-corrected chi connectivity index (χ2v) is 4.56. The molecule has 0 aliphatic heterocycles. The maximum atomic E-state index is 5.90. The van der Waals surface area contributed by atoms with E-state index in [1.54, 1.807) is 0 Å². The van der Waals surface area contributed by atoms with Gasteiger partial charge in [-0.15, -0.1) is 0 Å². The molecule has 0 saturated carbocycles. The van der Waals surface area contributed by atoms with Crippen LogP contribution in [0.25, 0.3) is 0 Å². The summed E-state index contributed by atoms with van der Waals surface area (Å²) in [6, 6.07) is 0. The summed E-state index contributed by atoms with van der Waals surface area (Å²) in [4.78, 5) is 0. The monoisotopic (exact) mass is 218 g/mol. The minimum absolute atomic E-state index is 0.508. The van der Waals surface area contributed by atoms with Gasteiger partial charge < -0.3 is 0 Å². The maximum absolute atomic E-state index is 5.90. The van der Waals surface area contributed by atoms with Crippen molar-refractivity contribution < 1.29 is 0 Å². The predicted octanol–water partition coefficient (Wildman–Crippen LogP) is 4.52. The van der Waals surface area contributed by atoms with E-state index in [0.29, 0.717) is 5.92 Å². The van der Waals surface area contributed by atoms with Crippen molar-refractivity contribution in [3.63, 3.8) is 0 Å². The van der Waals surface area contributed by atoms with Gasteiger partial charge in [0.15, 0.2) is 0 Å². The summed E-state index contributed by atoms with van der Waals surface area (Å²) in [5.41, 5.74) is 3.89. The molecule has 0 amide bonds. The van der Waals surface area contributed by atoms with E-state index < -0.39 is 0 Å². The fourth-order valence-electron chi connectivity index (χ4n) is 1.93. The summed E-state index contributed by atoms with van der Waals surface area (Å²) in [6.07, 6.45) is 12.8. The van der Waals surface area contributed by atoms with Gasteiger partial charge in [-0.1, -0.05) is 48.1 Å². The lowest BCUT2D eigenvalue weighted by atomic mass is 9.85. The Bertz CT molecular complexity index is 405. The van der Waals surface area contributed by atoms with Gasteiger partial charge in [-0.2, -0.15) is 0 Å². The normalized spacial score (nSPS) is 25.9. The van der Waals surface area contributed by atoms with Gasteiger partial charge in [-0.05, 0) is 37.0 Å². The van der Waals surface area contributed by atoms with Crippen molar-refractivity contribution in [1.82, 2.24) is 0 Å². The first-order valence-electron chi connectivity index (χ1n) is 5.27. The van der Waals surface area contributed by atoms with E-state index in [0.717, 1.165) is 23.4 Å². The number of hydrogen-bond acceptors (Lipinski definition) is 0. The van der Waals surface area contributed by atoms with Crippen LogP contribution in [0.3, 0.4) is 0 Å². The molecule has 0 N–H and O–H groups in total. The Morgan fingerprint density at radius 2 is 2.20 bits per heavy atom. The third-order valence-corrected chi connectivity index (χ3v) is 3.32. The SMILES string of the molecule is C=C1C=C(C2C=CC(Cl)=CC2)CC=C1C. The standard InChI is InChI=1S/C14H15Cl/c1-10-3-4-13(9-11(10)2)12-5-7-14(15)8-6-12/h3,5,7-9,12H,2,4,6H2,1H3. The van der Waals surface area contributed by atoms with Crippen LogP contribution in [-0.4, -0.2) is 0 Å². The smallest absolute Gasteiger partial charge is 0.0363 e. The predicted molar refractivity (Wildman–Crippen MR) is 66.8 cm³/mol. The van der Waals surface area contributed by atoms with Crippen LogP contribution in [0.2, 0.25) is 0 Å². The zero-order valence-corrected chi connectivity index (χ0v) is 9.72. The highest BCUT2D eigenvalue weighted by Crippen LogP contribution is 2.31. The van der Waals surface area contributed by atoms with E-state index in [1.807, 2.05) is 6.08 Å². The largest absolute Gasteiger partial charge is 0.0915 e. The van der Waals surface area contributed by atoms with Crippen molar-refractivity contribution in [2.24, 2.45) is 5.92 Å². The molecule has 15 heavy (non-hydrogen) atoms. The van der Waals surface area contributed by atoms with E-state index in [-0.39, 0.29) is 0 Å². The molecule has 1 unspecified atom stereocenters. The van der Waals surface area contributed by atoms with Crippen LogP contribution in [0.5, 0.6) is 0 Å². The molecule has 0 aromatic heterocycles. The molecule has 0 aromatic carbocycles. The highest BCUT2D eigenvalue weighted by molar-refractivity contribution is 6.31. The highest BCUT2D eigenvalue weighted by Gasteiger charge is 2.15. The molecule has 0 spiro atoms. The summed E-state index contributed by atoms with van der Waals surface area (Å²) < 4.78 is 0. The molecule has 2 aliphatic rings. The van der Waals surface area contributed by atoms with Crippen molar-refractivity contribution in [2.75, 3.05) is 0 Å². The molecule has 0 saturated heterocycles. The molecule has 0 bridgehead atoms. The summed E-state index contributed by atoms with van der Waals surface area (Å²) >= 11 is 5.90. The Balaban J connectivity index is 2.12. The lowest BCUT2D eigenvalue weighted by Gasteiger charge is -2.21. The van der Waals surface area contributed by atoms with Crippen LogP contribution in [0, 0.1) is 5.92 Å². The Morgan fingerprint density at radius 1 is 1.40 bits per heavy atom. The Morgan fingerprint density at radius 3 is 2.80 bits per heavy atom. The van der Waals surface area contributed by atoms with Crippen LogP contribution in [-0.2, 0) is 0 Å². The summed E-state index contributed by atoms with van der Waals surface area (Å²) in [5.74, 6) is 0.508. The number of hydrogen-bond donors (Lipinski definition) is 0. The van der Waals surface area contributed by atoms with E-state index in [9.17, 15) is 0 Å². The molecule has 0 aromatic rings. The zero-order chi connectivity index (χ0) is 10.8. The van der Waals surface area contributed by atoms with Gasteiger partial charge in [-0.25, -0.2) is 0 Å². The lowest BCUT2D eigenvalue weighted by Crippen LogP contribution is -2.05. The first-order valence-corrected chi connectivity index (χ1v) is 5.65. The number of halogens is 1. The average molecular weight is 219 g/mol. The van der Waals surface area contributed by atoms with Crippen molar-refractivity contribution >= 4 is 11.6 Å². The Hall–Kier alpha value is -1.01. The van der Waals surface area contributed by atoms with Crippen LogP contribution in [0.1, 0.15) is 19.8 Å². The van der Waals surface area contributed by atoms with E-state index in [4.69, 9.17) is 11.6 Å². The van der Waals surface area contributed by atoms with Crippen LogP contribution in [0.15, 0.2) is 58.7 Å². The Kier molecular flexibility index (Phi) is 2.97. The van der Waals surface area contributed by atoms with Gasteiger partial charge in [0, 0.05) is 11.0 Å². The van der Waals surface area contributed by atoms with Gasteiger partial charge in [0.05, 0.1) is 0 Å². The van der Waals surface area contributed by atoms with E-state index in [1.165, 1.54) is 11.1 Å². The minimum Gasteiger partial charge on any atom is -0.0915 e. The quantitative estimate of drug-likeness (QED) is 0.607. The molecule has 0 radical (unpaired) electrons. The van der Waals surface area contributed by atoms with E-state index in [2.05, 4.69) is 37.8 Å². The van der Waals surface area contributed by atoms with Crippen LogP contribution >= 0.6 is 11.6 Å². The first-order chi connectivity index (χ1) is 7.16. The van der Waals surface area contributed by atoms with Crippen LogP contribution in [0.4, 0.5) is 0 Å². The number of rotatable bonds is 1. The second kappa shape index (κ2) is 4.24. The molecule has 78 valence electrons. The van der Waals surface area contributed by atoms with Crippen LogP contribution < -0.4 is 0 Å². The molecular formula is C14H15Cl. The zero-order valence-electron chi connectivity index (χ0n) is 8.96. The third kappa shape index (κ3) is 2.32. The number of allylic oxidation sites excluding steroid dienone is 9. The van der Waals surface area contributed by atoms with Gasteiger partial charge >= 0.3 is 0 Å². The average Bonchev–Trinajstić information content (AvgIpc) is 2.23. The molecular weight excluding hydrogens is 204 g/mol. The van der Waals surface area contributed by atoms with Crippen molar-refractivity contribution in [3.05, 3.63) is 58.7 Å². The maximum Gasteiger partial charge on any atom is 0.0363 e. The summed E-state index contributed by atoms with van der Waals surface area (Å²) in [7, 11) is 0. The van der Waals surface area contributed by atoms with Gasteiger partial charge in [0.2, 0.25) is 0 Å². The third-order valence-electron chi connectivity index (χ3n) is 3.04. The van der Waals surface area contributed by atoms with Crippen molar-refractivity contribution in [2.45, 2.75) is 19.8 Å². The van der Waals surface area contributed by atoms with Gasteiger partial charge in [0.25, 0.3) is 0 Å². The topological polar surface area (TPSA) is 0 Å². The lowest BCUT2D eigenvalue weighted by molar-refractivity contribution is 0.740. The van der Waals surface area contributed by atoms with E-state index >= 15 is 0 Å². The highest BCUT2D eigenvalue weighted by atomic mass is 35.5. The summed E-state index contributed by atoms with van der Waals surface area (Å²) in [5, 5.41) is 0.855. The fraction of sp³-hybridized carbons (Fsp3) is 0.286. The van der Waals surface area contributed by atoms with Gasteiger partial charge in [-0.3, -0.25) is 0 Å². The fourth-order valence-corrected chi connectivity index (χ4v) is 2.09. The minimum atomic E-state index is 0.508.